The standard InChI is InChI=1S/C29H47NO3.C26H40N2O3/c1-2-3-4-5-6-7-12-33-27-9-8-22(10-11-29(30,20-31)21-32)16-26(27)28-17-23-13-24(18-28)15-25(14-23)19-28;1-17(2)31-24-9-21-3-4-28(14-26(27,15-29)16-30)13-22(21)8-23(24)25-10-18-5-19(11-25)7-20(6-18)12-25/h8-9,16,23-25,31-32H,2-7,10-15,17-21,30H2,1H3;8-9,17-20,29-30H,3-7,10-16,27H2,1-2H3. The molecule has 0 aromatic heterocycles. The maximum Gasteiger partial charge on any atom is 0.123 e. The smallest absolute Gasteiger partial charge is 0.123 e. The third-order valence-corrected chi connectivity index (χ3v) is 17.5. The van der Waals surface area contributed by atoms with E-state index in [1.165, 1.54) is 137 Å². The van der Waals surface area contributed by atoms with Crippen LogP contribution in [0, 0.1) is 35.5 Å². The second kappa shape index (κ2) is 20.5. The van der Waals surface area contributed by atoms with Crippen LogP contribution in [0.3, 0.4) is 0 Å². The summed E-state index contributed by atoms with van der Waals surface area (Å²) in [5.41, 5.74) is 18.0. The van der Waals surface area contributed by atoms with Crippen LogP contribution in [-0.2, 0) is 30.2 Å². The first kappa shape index (κ1) is 48.2. The Kier molecular flexibility index (Phi) is 15.5. The van der Waals surface area contributed by atoms with Gasteiger partial charge in [-0.05, 0) is 198 Å². The highest BCUT2D eigenvalue weighted by molar-refractivity contribution is 5.49. The van der Waals surface area contributed by atoms with Crippen molar-refractivity contribution in [3.05, 3.63) is 58.1 Å². The van der Waals surface area contributed by atoms with Gasteiger partial charge in [-0.1, -0.05) is 51.2 Å². The molecule has 9 heteroatoms. The molecule has 0 radical (unpaired) electrons. The van der Waals surface area contributed by atoms with Crippen LogP contribution in [0.5, 0.6) is 11.5 Å². The normalized spacial score (nSPS) is 30.4. The summed E-state index contributed by atoms with van der Waals surface area (Å²) in [6, 6.07) is 11.6. The SMILES string of the molecule is CC(C)Oc1cc2c(cc1C13CC4CC(CC(C4)C1)C3)CN(CC(N)(CO)CO)CC2.CCCCCCCCOc1ccc(CCC(N)(CO)CO)cc1C12CC3CC(CC(C3)C1)C2. The molecule has 9 aliphatic rings. The van der Waals surface area contributed by atoms with E-state index >= 15 is 0 Å². The van der Waals surface area contributed by atoms with Crippen LogP contribution in [0.4, 0.5) is 0 Å². The number of ether oxygens (including phenoxy) is 2. The first-order chi connectivity index (χ1) is 30.8. The van der Waals surface area contributed by atoms with Crippen LogP contribution in [-0.4, -0.2) is 88.6 Å². The average Bonchev–Trinajstić information content (AvgIpc) is 3.27. The van der Waals surface area contributed by atoms with E-state index in [-0.39, 0.29) is 37.9 Å². The van der Waals surface area contributed by atoms with E-state index in [1.54, 1.807) is 0 Å². The van der Waals surface area contributed by atoms with Crippen molar-refractivity contribution in [1.82, 2.24) is 4.90 Å². The van der Waals surface area contributed by atoms with Crippen LogP contribution >= 0.6 is 0 Å². The van der Waals surface area contributed by atoms with Gasteiger partial charge in [0, 0.05) is 30.8 Å². The molecule has 0 amide bonds. The maximum atomic E-state index is 9.64. The van der Waals surface area contributed by atoms with E-state index in [0.29, 0.717) is 18.4 Å². The summed E-state index contributed by atoms with van der Waals surface area (Å²) in [4.78, 5) is 2.29. The second-order valence-electron chi connectivity index (χ2n) is 23.4. The molecular weight excluding hydrogens is 799 g/mol. The van der Waals surface area contributed by atoms with Gasteiger partial charge in [0.05, 0.1) is 50.2 Å². The first-order valence-electron chi connectivity index (χ1n) is 26.1. The van der Waals surface area contributed by atoms with Crippen LogP contribution < -0.4 is 20.9 Å². The van der Waals surface area contributed by atoms with Gasteiger partial charge in [0.1, 0.15) is 11.5 Å². The summed E-state index contributed by atoms with van der Waals surface area (Å²) in [6.45, 7) is 8.79. The number of aliphatic hydroxyl groups excluding tert-OH is 4. The number of benzene rings is 2. The Bertz CT molecular complexity index is 1770. The molecule has 358 valence electrons. The van der Waals surface area contributed by atoms with Gasteiger partial charge >= 0.3 is 0 Å². The molecule has 2 aromatic carbocycles. The molecule has 0 saturated heterocycles. The quantitative estimate of drug-likeness (QED) is 0.0678. The maximum absolute atomic E-state index is 9.64. The van der Waals surface area contributed by atoms with Gasteiger partial charge in [0.15, 0.2) is 0 Å². The minimum atomic E-state index is -0.943. The van der Waals surface area contributed by atoms with Gasteiger partial charge in [-0.25, -0.2) is 0 Å². The molecule has 0 atom stereocenters. The number of hydrogen-bond donors (Lipinski definition) is 6. The van der Waals surface area contributed by atoms with Crippen LogP contribution in [0.2, 0.25) is 0 Å². The lowest BCUT2D eigenvalue weighted by molar-refractivity contribution is -0.00686. The van der Waals surface area contributed by atoms with Crippen molar-refractivity contribution in [2.45, 2.75) is 190 Å². The van der Waals surface area contributed by atoms with Gasteiger partial charge in [0.2, 0.25) is 0 Å². The fraction of sp³-hybridized carbons (Fsp3) is 0.782. The Morgan fingerprint density at radius 2 is 1.17 bits per heavy atom. The number of nitrogens with two attached hydrogens (primary N) is 2. The van der Waals surface area contributed by atoms with Crippen molar-refractivity contribution in [1.29, 1.82) is 0 Å². The minimum Gasteiger partial charge on any atom is -0.493 e. The summed E-state index contributed by atoms with van der Waals surface area (Å²) < 4.78 is 12.9. The zero-order chi connectivity index (χ0) is 45.1. The monoisotopic (exact) mass is 886 g/mol. The van der Waals surface area contributed by atoms with E-state index in [0.717, 1.165) is 86.0 Å². The summed E-state index contributed by atoms with van der Waals surface area (Å²) in [5, 5.41) is 38.5. The van der Waals surface area contributed by atoms with E-state index in [9.17, 15) is 20.4 Å². The molecule has 8 bridgehead atoms. The molecule has 8 saturated carbocycles. The molecule has 2 aromatic rings. The summed E-state index contributed by atoms with van der Waals surface area (Å²) in [5.74, 6) is 7.62. The third-order valence-electron chi connectivity index (χ3n) is 17.5. The van der Waals surface area contributed by atoms with E-state index < -0.39 is 11.1 Å². The number of unbranched alkanes of at least 4 members (excludes halogenated alkanes) is 5. The van der Waals surface area contributed by atoms with Crippen molar-refractivity contribution < 1.29 is 29.9 Å². The van der Waals surface area contributed by atoms with E-state index in [2.05, 4.69) is 56.0 Å². The Labute approximate surface area is 386 Å². The molecule has 8 fully saturated rings. The fourth-order valence-corrected chi connectivity index (χ4v) is 15.0. The number of aryl methyl sites for hydroxylation is 1. The predicted molar refractivity (Wildman–Crippen MR) is 257 cm³/mol. The molecule has 1 aliphatic heterocycles. The number of fused-ring (bicyclic) bond motifs is 1. The molecule has 64 heavy (non-hydrogen) atoms. The lowest BCUT2D eigenvalue weighted by atomic mass is 9.48. The van der Waals surface area contributed by atoms with Crippen LogP contribution in [0.15, 0.2) is 30.3 Å². The largest absolute Gasteiger partial charge is 0.493 e. The third kappa shape index (κ3) is 10.9. The van der Waals surface area contributed by atoms with Crippen molar-refractivity contribution in [2.75, 3.05) is 46.1 Å². The topological polar surface area (TPSA) is 155 Å². The molecule has 8 N–H and O–H groups in total. The lowest BCUT2D eigenvalue weighted by Gasteiger charge is -2.57. The second-order valence-corrected chi connectivity index (χ2v) is 23.4. The predicted octanol–water partition coefficient (Wildman–Crippen LogP) is 8.49. The molecule has 8 aliphatic carbocycles. The van der Waals surface area contributed by atoms with Crippen LogP contribution in [0.1, 0.15) is 171 Å². The van der Waals surface area contributed by atoms with Gasteiger partial charge < -0.3 is 41.4 Å². The average molecular weight is 886 g/mol. The highest BCUT2D eigenvalue weighted by Gasteiger charge is 2.54. The van der Waals surface area contributed by atoms with Gasteiger partial charge in [-0.2, -0.15) is 0 Å². The number of aliphatic hydroxyl groups is 4. The van der Waals surface area contributed by atoms with Gasteiger partial charge in [-0.3, -0.25) is 4.90 Å². The fourth-order valence-electron chi connectivity index (χ4n) is 15.0. The Morgan fingerprint density at radius 1 is 0.656 bits per heavy atom. The summed E-state index contributed by atoms with van der Waals surface area (Å²) >= 11 is 0. The molecule has 0 unspecified atom stereocenters. The highest BCUT2D eigenvalue weighted by Crippen LogP contribution is 2.63. The summed E-state index contributed by atoms with van der Waals surface area (Å²) in [6.07, 6.45) is 26.8. The van der Waals surface area contributed by atoms with E-state index in [1.807, 2.05) is 0 Å². The van der Waals surface area contributed by atoms with Crippen LogP contribution in [0.25, 0.3) is 0 Å². The zero-order valence-corrected chi connectivity index (χ0v) is 40.1. The van der Waals surface area contributed by atoms with E-state index in [4.69, 9.17) is 20.9 Å². The molecular formula is C55H87N3O6. The molecule has 9 nitrogen and oxygen atoms in total. The van der Waals surface area contributed by atoms with Crippen molar-refractivity contribution in [3.63, 3.8) is 0 Å². The number of hydrogen-bond acceptors (Lipinski definition) is 9. The lowest BCUT2D eigenvalue weighted by Crippen LogP contribution is -2.56. The number of nitrogens with zero attached hydrogens (tertiary/aromatic N) is 1. The Morgan fingerprint density at radius 3 is 1.69 bits per heavy atom. The van der Waals surface area contributed by atoms with Crippen molar-refractivity contribution in [3.8, 4) is 11.5 Å². The van der Waals surface area contributed by atoms with Gasteiger partial charge in [0.25, 0.3) is 0 Å². The minimum absolute atomic E-state index is 0.178. The number of rotatable bonds is 21. The summed E-state index contributed by atoms with van der Waals surface area (Å²) in [7, 11) is 0. The van der Waals surface area contributed by atoms with Gasteiger partial charge in [-0.15, -0.1) is 0 Å². The zero-order valence-electron chi connectivity index (χ0n) is 40.1. The highest BCUT2D eigenvalue weighted by atomic mass is 16.5. The van der Waals surface area contributed by atoms with Crippen molar-refractivity contribution in [2.24, 2.45) is 47.0 Å². The molecule has 11 rings (SSSR count). The molecule has 0 spiro atoms. The first-order valence-corrected chi connectivity index (χ1v) is 26.1. The Balaban J connectivity index is 0.000000175. The Hall–Kier alpha value is -2.24. The molecule has 1 heterocycles. The van der Waals surface area contributed by atoms with Crippen molar-refractivity contribution >= 4 is 0 Å².